The van der Waals surface area contributed by atoms with Gasteiger partial charge in [-0.1, -0.05) is 5.16 Å². The van der Waals surface area contributed by atoms with Gasteiger partial charge in [-0.25, -0.2) is 0 Å². The molecule has 106 valence electrons. The summed E-state index contributed by atoms with van der Waals surface area (Å²) in [7, 11) is 1.90. The summed E-state index contributed by atoms with van der Waals surface area (Å²) in [5.74, 6) is 1.83. The molecular formula is C13H23N5O. The van der Waals surface area contributed by atoms with Gasteiger partial charge in [0.25, 0.3) is 0 Å². The van der Waals surface area contributed by atoms with Gasteiger partial charge in [0.15, 0.2) is 5.84 Å². The van der Waals surface area contributed by atoms with Crippen LogP contribution in [0.4, 0.5) is 5.82 Å². The fourth-order valence-corrected chi connectivity index (χ4v) is 2.45. The summed E-state index contributed by atoms with van der Waals surface area (Å²) in [6.45, 7) is 7.19. The minimum Gasteiger partial charge on any atom is -0.409 e. The standard InChI is InChI=1S/C13H23N5O/c1-8(2)18(7-10-5-6-10)13-11(12(14)16-19)9(3)15-17(13)4/h8,10,19H,5-7H2,1-4H3,(H2,14,16). The third-order valence-electron chi connectivity index (χ3n) is 3.60. The molecule has 0 amide bonds. The summed E-state index contributed by atoms with van der Waals surface area (Å²) in [6.07, 6.45) is 2.58. The van der Waals surface area contributed by atoms with E-state index >= 15 is 0 Å². The maximum atomic E-state index is 8.97. The van der Waals surface area contributed by atoms with E-state index < -0.39 is 0 Å². The first-order chi connectivity index (χ1) is 8.95. The number of aryl methyl sites for hydroxylation is 2. The normalized spacial score (nSPS) is 16.2. The molecule has 1 fully saturated rings. The molecule has 3 N–H and O–H groups in total. The Morgan fingerprint density at radius 2 is 2.21 bits per heavy atom. The van der Waals surface area contributed by atoms with Crippen molar-refractivity contribution in [3.8, 4) is 0 Å². The molecule has 6 heteroatoms. The number of oxime groups is 1. The van der Waals surface area contributed by atoms with Crippen LogP contribution >= 0.6 is 0 Å². The molecule has 1 aliphatic rings. The number of rotatable bonds is 5. The number of nitrogens with zero attached hydrogens (tertiary/aromatic N) is 4. The molecule has 0 unspecified atom stereocenters. The van der Waals surface area contributed by atoms with E-state index in [1.165, 1.54) is 12.8 Å². The van der Waals surface area contributed by atoms with Crippen molar-refractivity contribution in [1.82, 2.24) is 9.78 Å². The molecule has 1 saturated carbocycles. The fraction of sp³-hybridized carbons (Fsp3) is 0.692. The molecule has 1 heterocycles. The van der Waals surface area contributed by atoms with E-state index in [2.05, 4.69) is 29.0 Å². The highest BCUT2D eigenvalue weighted by Gasteiger charge is 2.30. The number of amidine groups is 1. The van der Waals surface area contributed by atoms with Crippen molar-refractivity contribution < 1.29 is 5.21 Å². The second kappa shape index (κ2) is 5.11. The molecule has 0 spiro atoms. The Morgan fingerprint density at radius 1 is 1.58 bits per heavy atom. The second-order valence-corrected chi connectivity index (χ2v) is 5.58. The third kappa shape index (κ3) is 2.67. The van der Waals surface area contributed by atoms with Gasteiger partial charge in [-0.2, -0.15) is 5.10 Å². The number of hydrogen-bond donors (Lipinski definition) is 2. The maximum absolute atomic E-state index is 8.97. The van der Waals surface area contributed by atoms with Crippen molar-refractivity contribution in [2.24, 2.45) is 23.9 Å². The number of hydrogen-bond acceptors (Lipinski definition) is 4. The summed E-state index contributed by atoms with van der Waals surface area (Å²) in [5.41, 5.74) is 7.34. The monoisotopic (exact) mass is 265 g/mol. The summed E-state index contributed by atoms with van der Waals surface area (Å²) in [5, 5.41) is 16.5. The lowest BCUT2D eigenvalue weighted by atomic mass is 10.1. The summed E-state index contributed by atoms with van der Waals surface area (Å²) < 4.78 is 1.82. The van der Waals surface area contributed by atoms with E-state index in [9.17, 15) is 0 Å². The molecule has 19 heavy (non-hydrogen) atoms. The molecule has 1 aromatic rings. The first kappa shape index (κ1) is 13.7. The van der Waals surface area contributed by atoms with Gasteiger partial charge in [-0.15, -0.1) is 0 Å². The zero-order valence-electron chi connectivity index (χ0n) is 12.1. The van der Waals surface area contributed by atoms with Gasteiger partial charge in [-0.3, -0.25) is 4.68 Å². The molecule has 6 nitrogen and oxygen atoms in total. The zero-order chi connectivity index (χ0) is 14.2. The predicted molar refractivity (Wildman–Crippen MR) is 75.7 cm³/mol. The molecule has 0 atom stereocenters. The third-order valence-corrected chi connectivity index (χ3v) is 3.60. The van der Waals surface area contributed by atoms with Gasteiger partial charge < -0.3 is 15.8 Å². The molecule has 1 aliphatic carbocycles. The smallest absolute Gasteiger partial charge is 0.175 e. The minimum atomic E-state index is 0.127. The van der Waals surface area contributed by atoms with Crippen LogP contribution in [0.1, 0.15) is 37.9 Å². The van der Waals surface area contributed by atoms with Gasteiger partial charge in [-0.05, 0) is 39.5 Å². The molecule has 0 aromatic carbocycles. The van der Waals surface area contributed by atoms with Crippen LogP contribution in [0.5, 0.6) is 0 Å². The average molecular weight is 265 g/mol. The summed E-state index contributed by atoms with van der Waals surface area (Å²) in [6, 6.07) is 0.348. The first-order valence-electron chi connectivity index (χ1n) is 6.73. The van der Waals surface area contributed by atoms with Crippen LogP contribution in [0.2, 0.25) is 0 Å². The number of nitrogens with two attached hydrogens (primary N) is 1. The second-order valence-electron chi connectivity index (χ2n) is 5.58. The van der Waals surface area contributed by atoms with Crippen LogP contribution in [0, 0.1) is 12.8 Å². The highest BCUT2D eigenvalue weighted by Crippen LogP contribution is 2.34. The van der Waals surface area contributed by atoms with Crippen LogP contribution in [-0.4, -0.2) is 33.4 Å². The molecule has 0 radical (unpaired) electrons. The van der Waals surface area contributed by atoms with E-state index in [-0.39, 0.29) is 5.84 Å². The lowest BCUT2D eigenvalue weighted by molar-refractivity contribution is 0.318. The number of aromatic nitrogens is 2. The van der Waals surface area contributed by atoms with Crippen LogP contribution in [0.15, 0.2) is 5.16 Å². The predicted octanol–water partition coefficient (Wildman–Crippen LogP) is 1.45. The fourth-order valence-electron chi connectivity index (χ4n) is 2.45. The van der Waals surface area contributed by atoms with Gasteiger partial charge >= 0.3 is 0 Å². The van der Waals surface area contributed by atoms with E-state index in [1.54, 1.807) is 0 Å². The highest BCUT2D eigenvalue weighted by molar-refractivity contribution is 6.02. The topological polar surface area (TPSA) is 79.7 Å². The Morgan fingerprint density at radius 3 is 2.68 bits per heavy atom. The van der Waals surface area contributed by atoms with Crippen LogP contribution in [-0.2, 0) is 7.05 Å². The Bertz CT molecular complexity index is 487. The Labute approximate surface area is 113 Å². The van der Waals surface area contributed by atoms with E-state index in [4.69, 9.17) is 10.9 Å². The minimum absolute atomic E-state index is 0.127. The molecular weight excluding hydrogens is 242 g/mol. The van der Waals surface area contributed by atoms with Crippen molar-refractivity contribution in [3.05, 3.63) is 11.3 Å². The summed E-state index contributed by atoms with van der Waals surface area (Å²) in [4.78, 5) is 2.30. The maximum Gasteiger partial charge on any atom is 0.175 e. The quantitative estimate of drug-likeness (QED) is 0.365. The largest absolute Gasteiger partial charge is 0.409 e. The van der Waals surface area contributed by atoms with Crippen molar-refractivity contribution in [1.29, 1.82) is 0 Å². The molecule has 2 rings (SSSR count). The zero-order valence-corrected chi connectivity index (χ0v) is 12.1. The molecule has 1 aromatic heterocycles. The van der Waals surface area contributed by atoms with Gasteiger partial charge in [0, 0.05) is 19.6 Å². The Balaban J connectivity index is 2.45. The van der Waals surface area contributed by atoms with Crippen molar-refractivity contribution in [2.45, 2.75) is 39.7 Å². The molecule has 0 saturated heterocycles. The van der Waals surface area contributed by atoms with Crippen molar-refractivity contribution in [2.75, 3.05) is 11.4 Å². The Kier molecular flexibility index (Phi) is 3.68. The number of anilines is 1. The van der Waals surface area contributed by atoms with Crippen LogP contribution in [0.3, 0.4) is 0 Å². The first-order valence-corrected chi connectivity index (χ1v) is 6.73. The molecule has 0 aliphatic heterocycles. The lowest BCUT2D eigenvalue weighted by Gasteiger charge is -2.29. The van der Waals surface area contributed by atoms with E-state index in [0.717, 1.165) is 29.5 Å². The lowest BCUT2D eigenvalue weighted by Crippen LogP contribution is -2.36. The van der Waals surface area contributed by atoms with Gasteiger partial charge in [0.1, 0.15) is 5.82 Å². The summed E-state index contributed by atoms with van der Waals surface area (Å²) >= 11 is 0. The van der Waals surface area contributed by atoms with Gasteiger partial charge in [0.05, 0.1) is 11.3 Å². The highest BCUT2D eigenvalue weighted by atomic mass is 16.4. The van der Waals surface area contributed by atoms with E-state index in [0.29, 0.717) is 6.04 Å². The average Bonchev–Trinajstić information content (AvgIpc) is 3.11. The SMILES string of the molecule is Cc1nn(C)c(N(CC2CC2)C(C)C)c1C(N)=NO. The van der Waals surface area contributed by atoms with E-state index in [1.807, 2.05) is 18.7 Å². The van der Waals surface area contributed by atoms with Crippen molar-refractivity contribution >= 4 is 11.7 Å². The van der Waals surface area contributed by atoms with Crippen molar-refractivity contribution in [3.63, 3.8) is 0 Å². The van der Waals surface area contributed by atoms with Gasteiger partial charge in [0.2, 0.25) is 0 Å². The van der Waals surface area contributed by atoms with Crippen LogP contribution < -0.4 is 10.6 Å². The van der Waals surface area contributed by atoms with Crippen LogP contribution in [0.25, 0.3) is 0 Å². The molecule has 0 bridgehead atoms. The Hall–Kier alpha value is -1.72.